The summed E-state index contributed by atoms with van der Waals surface area (Å²) < 4.78 is 10.6. The molecule has 2 atom stereocenters. The van der Waals surface area contributed by atoms with Gasteiger partial charge in [0.25, 0.3) is 0 Å². The summed E-state index contributed by atoms with van der Waals surface area (Å²) >= 11 is 0. The van der Waals surface area contributed by atoms with Gasteiger partial charge in [0.15, 0.2) is 0 Å². The molecule has 0 aromatic heterocycles. The van der Waals surface area contributed by atoms with E-state index in [1.165, 1.54) is 0 Å². The van der Waals surface area contributed by atoms with E-state index < -0.39 is 6.10 Å². The van der Waals surface area contributed by atoms with Crippen molar-refractivity contribution >= 4 is 0 Å². The average Bonchev–Trinajstić information content (AvgIpc) is 2.32. The van der Waals surface area contributed by atoms with Crippen LogP contribution in [0.1, 0.15) is 25.0 Å². The molecule has 0 spiro atoms. The van der Waals surface area contributed by atoms with Crippen LogP contribution in [0.25, 0.3) is 0 Å². The number of hydrogen-bond donors (Lipinski definition) is 1. The fourth-order valence-electron chi connectivity index (χ4n) is 1.59. The molecule has 0 saturated heterocycles. The summed E-state index contributed by atoms with van der Waals surface area (Å²) in [6.07, 6.45) is 0.00686. The molecule has 0 amide bonds. The lowest BCUT2D eigenvalue weighted by atomic mass is 10.1. The third-order valence-corrected chi connectivity index (χ3v) is 2.37. The molecule has 0 aliphatic rings. The van der Waals surface area contributed by atoms with Crippen LogP contribution in [0.3, 0.4) is 0 Å². The van der Waals surface area contributed by atoms with Crippen LogP contribution < -0.4 is 0 Å². The number of ether oxygens (including phenoxy) is 2. The Labute approximate surface area is 97.0 Å². The minimum atomic E-state index is -0.626. The summed E-state index contributed by atoms with van der Waals surface area (Å²) in [6.45, 7) is 3.01. The van der Waals surface area contributed by atoms with Crippen LogP contribution in [0.15, 0.2) is 30.3 Å². The second kappa shape index (κ2) is 7.39. The molecule has 1 aromatic carbocycles. The molecule has 0 aliphatic carbocycles. The topological polar surface area (TPSA) is 38.7 Å². The predicted molar refractivity (Wildman–Crippen MR) is 63.3 cm³/mol. The molecule has 0 heterocycles. The first kappa shape index (κ1) is 13.2. The van der Waals surface area contributed by atoms with Gasteiger partial charge >= 0.3 is 0 Å². The summed E-state index contributed by atoms with van der Waals surface area (Å²) in [6, 6.07) is 9.69. The van der Waals surface area contributed by atoms with E-state index in [2.05, 4.69) is 0 Å². The van der Waals surface area contributed by atoms with Gasteiger partial charge < -0.3 is 14.6 Å². The number of aliphatic hydroxyl groups excluding tert-OH is 1. The van der Waals surface area contributed by atoms with E-state index in [1.807, 2.05) is 37.3 Å². The molecule has 0 aliphatic heterocycles. The maximum atomic E-state index is 9.94. The van der Waals surface area contributed by atoms with Crippen molar-refractivity contribution in [2.75, 3.05) is 20.3 Å². The molecule has 1 aromatic rings. The molecule has 0 radical (unpaired) electrons. The summed E-state index contributed by atoms with van der Waals surface area (Å²) in [5.41, 5.74) is 0.970. The van der Waals surface area contributed by atoms with E-state index in [-0.39, 0.29) is 6.10 Å². The maximum absolute atomic E-state index is 9.94. The minimum absolute atomic E-state index is 0.307. The van der Waals surface area contributed by atoms with Crippen LogP contribution in [-0.2, 0) is 9.47 Å². The Morgan fingerprint density at radius 2 is 1.94 bits per heavy atom. The van der Waals surface area contributed by atoms with Crippen molar-refractivity contribution in [1.82, 2.24) is 0 Å². The van der Waals surface area contributed by atoms with Crippen molar-refractivity contribution in [3.05, 3.63) is 35.9 Å². The van der Waals surface area contributed by atoms with Crippen molar-refractivity contribution in [3.63, 3.8) is 0 Å². The van der Waals surface area contributed by atoms with Crippen molar-refractivity contribution in [2.45, 2.75) is 25.6 Å². The van der Waals surface area contributed by atoms with Gasteiger partial charge in [0.1, 0.15) is 12.2 Å². The van der Waals surface area contributed by atoms with Crippen LogP contribution in [-0.4, -0.2) is 31.5 Å². The molecular weight excluding hydrogens is 204 g/mol. The molecule has 1 N–H and O–H groups in total. The standard InChI is InChI=1S/C13H20O3/c1-3-9-16-10-12(14)13(15-2)11-7-5-4-6-8-11/h4-8,12-14H,3,9-10H2,1-2H3. The van der Waals surface area contributed by atoms with Crippen LogP contribution in [0.4, 0.5) is 0 Å². The zero-order valence-electron chi connectivity index (χ0n) is 9.93. The van der Waals surface area contributed by atoms with Gasteiger partial charge in [-0.15, -0.1) is 0 Å². The second-order valence-corrected chi connectivity index (χ2v) is 3.71. The SMILES string of the molecule is CCCOCC(O)C(OC)c1ccccc1. The molecule has 2 unspecified atom stereocenters. The third kappa shape index (κ3) is 3.93. The Morgan fingerprint density at radius 3 is 2.50 bits per heavy atom. The molecule has 0 bridgehead atoms. The van der Waals surface area contributed by atoms with Crippen molar-refractivity contribution in [1.29, 1.82) is 0 Å². The largest absolute Gasteiger partial charge is 0.388 e. The zero-order chi connectivity index (χ0) is 11.8. The lowest BCUT2D eigenvalue weighted by molar-refractivity contribution is -0.0573. The van der Waals surface area contributed by atoms with E-state index in [4.69, 9.17) is 9.47 Å². The Balaban J connectivity index is 2.53. The van der Waals surface area contributed by atoms with Gasteiger partial charge in [-0.3, -0.25) is 0 Å². The molecule has 0 saturated carbocycles. The third-order valence-electron chi connectivity index (χ3n) is 2.37. The monoisotopic (exact) mass is 224 g/mol. The number of hydrogen-bond acceptors (Lipinski definition) is 3. The Morgan fingerprint density at radius 1 is 1.25 bits per heavy atom. The first-order chi connectivity index (χ1) is 7.79. The lowest BCUT2D eigenvalue weighted by Gasteiger charge is -2.21. The highest BCUT2D eigenvalue weighted by molar-refractivity contribution is 5.18. The minimum Gasteiger partial charge on any atom is -0.388 e. The first-order valence-corrected chi connectivity index (χ1v) is 5.63. The van der Waals surface area contributed by atoms with Gasteiger partial charge in [0.05, 0.1) is 6.61 Å². The first-order valence-electron chi connectivity index (χ1n) is 5.63. The van der Waals surface area contributed by atoms with Gasteiger partial charge in [-0.05, 0) is 12.0 Å². The van der Waals surface area contributed by atoms with E-state index in [1.54, 1.807) is 7.11 Å². The van der Waals surface area contributed by atoms with Gasteiger partial charge in [0.2, 0.25) is 0 Å². The Bertz CT molecular complexity index is 274. The quantitative estimate of drug-likeness (QED) is 0.721. The maximum Gasteiger partial charge on any atom is 0.110 e. The van der Waals surface area contributed by atoms with Gasteiger partial charge in [-0.25, -0.2) is 0 Å². The van der Waals surface area contributed by atoms with E-state index in [0.29, 0.717) is 13.2 Å². The van der Waals surface area contributed by atoms with Crippen LogP contribution in [0, 0.1) is 0 Å². The lowest BCUT2D eigenvalue weighted by Crippen LogP contribution is -2.25. The van der Waals surface area contributed by atoms with Crippen molar-refractivity contribution in [2.24, 2.45) is 0 Å². The van der Waals surface area contributed by atoms with E-state index in [0.717, 1.165) is 12.0 Å². The van der Waals surface area contributed by atoms with Crippen LogP contribution >= 0.6 is 0 Å². The summed E-state index contributed by atoms with van der Waals surface area (Å²) in [7, 11) is 1.60. The van der Waals surface area contributed by atoms with Crippen LogP contribution in [0.5, 0.6) is 0 Å². The smallest absolute Gasteiger partial charge is 0.110 e. The zero-order valence-corrected chi connectivity index (χ0v) is 9.93. The highest BCUT2D eigenvalue weighted by Gasteiger charge is 2.20. The molecule has 90 valence electrons. The fraction of sp³-hybridized carbons (Fsp3) is 0.538. The normalized spacial score (nSPS) is 14.7. The summed E-state index contributed by atoms with van der Waals surface area (Å²) in [5.74, 6) is 0. The van der Waals surface area contributed by atoms with E-state index in [9.17, 15) is 5.11 Å². The summed E-state index contributed by atoms with van der Waals surface area (Å²) in [4.78, 5) is 0. The summed E-state index contributed by atoms with van der Waals surface area (Å²) in [5, 5.41) is 9.94. The van der Waals surface area contributed by atoms with Gasteiger partial charge in [0, 0.05) is 13.7 Å². The number of benzene rings is 1. The van der Waals surface area contributed by atoms with E-state index >= 15 is 0 Å². The van der Waals surface area contributed by atoms with Crippen molar-refractivity contribution < 1.29 is 14.6 Å². The van der Waals surface area contributed by atoms with Crippen molar-refractivity contribution in [3.8, 4) is 0 Å². The molecule has 3 heteroatoms. The predicted octanol–water partition coefficient (Wildman–Crippen LogP) is 2.16. The average molecular weight is 224 g/mol. The Hall–Kier alpha value is -0.900. The van der Waals surface area contributed by atoms with Gasteiger partial charge in [-0.2, -0.15) is 0 Å². The molecule has 3 nitrogen and oxygen atoms in total. The highest BCUT2D eigenvalue weighted by atomic mass is 16.5. The highest BCUT2D eigenvalue weighted by Crippen LogP contribution is 2.20. The molecule has 1 rings (SSSR count). The second-order valence-electron chi connectivity index (χ2n) is 3.71. The molecule has 16 heavy (non-hydrogen) atoms. The van der Waals surface area contributed by atoms with Gasteiger partial charge in [-0.1, -0.05) is 37.3 Å². The molecular formula is C13H20O3. The number of rotatable bonds is 7. The number of methoxy groups -OCH3 is 1. The Kier molecular flexibility index (Phi) is 6.08. The number of aliphatic hydroxyl groups is 1. The van der Waals surface area contributed by atoms with Crippen LogP contribution in [0.2, 0.25) is 0 Å². The molecule has 0 fully saturated rings. The fourth-order valence-corrected chi connectivity index (χ4v) is 1.59.